The van der Waals surface area contributed by atoms with Gasteiger partial charge in [0, 0.05) is 0 Å². The second kappa shape index (κ2) is 6.82. The highest BCUT2D eigenvalue weighted by atomic mass is 16.4. The molecule has 0 bridgehead atoms. The van der Waals surface area contributed by atoms with Crippen LogP contribution in [-0.4, -0.2) is 23.7 Å². The van der Waals surface area contributed by atoms with E-state index in [1.54, 1.807) is 0 Å². The maximum atomic E-state index is 10.9. The van der Waals surface area contributed by atoms with Crippen molar-refractivity contribution in [3.63, 3.8) is 0 Å². The van der Waals surface area contributed by atoms with Crippen LogP contribution in [0.1, 0.15) is 40.5 Å². The van der Waals surface area contributed by atoms with Crippen LogP contribution >= 0.6 is 0 Å². The Morgan fingerprint density at radius 1 is 1.36 bits per heavy atom. The van der Waals surface area contributed by atoms with Gasteiger partial charge in [0.05, 0.1) is 0 Å². The van der Waals surface area contributed by atoms with Crippen LogP contribution in [0.5, 0.6) is 0 Å². The maximum absolute atomic E-state index is 10.9. The molecule has 2 atom stereocenters. The van der Waals surface area contributed by atoms with Gasteiger partial charge in [-0.15, -0.1) is 0 Å². The van der Waals surface area contributed by atoms with Gasteiger partial charge in [-0.05, 0) is 24.8 Å². The molecule has 0 aromatic heterocycles. The Balaban J connectivity index is 3.91. The van der Waals surface area contributed by atoms with Gasteiger partial charge in [-0.2, -0.15) is 0 Å². The molecule has 1 unspecified atom stereocenters. The minimum Gasteiger partial charge on any atom is -0.480 e. The Morgan fingerprint density at radius 3 is 2.29 bits per heavy atom. The smallest absolute Gasteiger partial charge is 0.320 e. The van der Waals surface area contributed by atoms with Crippen LogP contribution in [-0.2, 0) is 4.79 Å². The summed E-state index contributed by atoms with van der Waals surface area (Å²) < 4.78 is 0. The van der Waals surface area contributed by atoms with E-state index in [1.165, 1.54) is 0 Å². The SMILES string of the molecule is CCC(C)CN[C@@H](CC(C)C)C(=O)O. The number of rotatable bonds is 7. The van der Waals surface area contributed by atoms with Crippen LogP contribution in [0.2, 0.25) is 0 Å². The van der Waals surface area contributed by atoms with Crippen molar-refractivity contribution in [3.05, 3.63) is 0 Å². The van der Waals surface area contributed by atoms with E-state index in [0.29, 0.717) is 18.3 Å². The summed E-state index contributed by atoms with van der Waals surface area (Å²) in [5, 5.41) is 12.0. The zero-order valence-corrected chi connectivity index (χ0v) is 9.71. The number of aliphatic carboxylic acids is 1. The standard InChI is InChI=1S/C11H23NO2/c1-5-9(4)7-12-10(11(13)14)6-8(2)3/h8-10,12H,5-7H2,1-4H3,(H,13,14)/t9?,10-/m0/s1. The van der Waals surface area contributed by atoms with Gasteiger partial charge in [0.25, 0.3) is 0 Å². The highest BCUT2D eigenvalue weighted by molar-refractivity contribution is 5.73. The molecule has 0 fully saturated rings. The van der Waals surface area contributed by atoms with Crippen molar-refractivity contribution < 1.29 is 9.90 Å². The predicted octanol–water partition coefficient (Wildman–Crippen LogP) is 2.12. The van der Waals surface area contributed by atoms with Crippen LogP contribution < -0.4 is 5.32 Å². The van der Waals surface area contributed by atoms with Crippen LogP contribution in [0.15, 0.2) is 0 Å². The van der Waals surface area contributed by atoms with Gasteiger partial charge in [0.2, 0.25) is 0 Å². The highest BCUT2D eigenvalue weighted by Gasteiger charge is 2.18. The summed E-state index contributed by atoms with van der Waals surface area (Å²) in [5.74, 6) is 0.228. The lowest BCUT2D eigenvalue weighted by Crippen LogP contribution is -2.39. The summed E-state index contributed by atoms with van der Waals surface area (Å²) in [6, 6.07) is -0.385. The maximum Gasteiger partial charge on any atom is 0.320 e. The van der Waals surface area contributed by atoms with E-state index in [4.69, 9.17) is 5.11 Å². The zero-order chi connectivity index (χ0) is 11.1. The van der Waals surface area contributed by atoms with E-state index >= 15 is 0 Å². The van der Waals surface area contributed by atoms with E-state index in [0.717, 1.165) is 13.0 Å². The van der Waals surface area contributed by atoms with E-state index in [-0.39, 0.29) is 6.04 Å². The summed E-state index contributed by atoms with van der Waals surface area (Å²) in [6.45, 7) is 9.12. The predicted molar refractivity (Wildman–Crippen MR) is 58.3 cm³/mol. The van der Waals surface area contributed by atoms with E-state index in [9.17, 15) is 4.79 Å². The summed E-state index contributed by atoms with van der Waals surface area (Å²) in [6.07, 6.45) is 1.78. The lowest BCUT2D eigenvalue weighted by atomic mass is 10.0. The Hall–Kier alpha value is -0.570. The normalized spacial score (nSPS) is 15.5. The topological polar surface area (TPSA) is 49.3 Å². The van der Waals surface area contributed by atoms with Crippen LogP contribution in [0.25, 0.3) is 0 Å². The first-order valence-corrected chi connectivity index (χ1v) is 5.43. The van der Waals surface area contributed by atoms with E-state index in [2.05, 4.69) is 19.2 Å². The number of carbonyl (C=O) groups is 1. The van der Waals surface area contributed by atoms with Gasteiger partial charge in [-0.3, -0.25) is 4.79 Å². The van der Waals surface area contributed by atoms with Crippen LogP contribution in [0.3, 0.4) is 0 Å². The number of hydrogen-bond acceptors (Lipinski definition) is 2. The van der Waals surface area contributed by atoms with Gasteiger partial charge in [-0.25, -0.2) is 0 Å². The molecule has 3 heteroatoms. The van der Waals surface area contributed by atoms with Gasteiger partial charge in [-0.1, -0.05) is 34.1 Å². The lowest BCUT2D eigenvalue weighted by Gasteiger charge is -2.18. The third-order valence-electron chi connectivity index (χ3n) is 2.41. The van der Waals surface area contributed by atoms with Crippen molar-refractivity contribution in [2.24, 2.45) is 11.8 Å². The number of carboxylic acids is 1. The molecule has 0 aliphatic carbocycles. The van der Waals surface area contributed by atoms with Crippen molar-refractivity contribution in [3.8, 4) is 0 Å². The van der Waals surface area contributed by atoms with Crippen LogP contribution in [0, 0.1) is 11.8 Å². The third-order valence-corrected chi connectivity index (χ3v) is 2.41. The minimum atomic E-state index is -0.734. The molecule has 0 aliphatic rings. The Morgan fingerprint density at radius 2 is 1.93 bits per heavy atom. The fourth-order valence-corrected chi connectivity index (χ4v) is 1.23. The fraction of sp³-hybridized carbons (Fsp3) is 0.909. The molecule has 0 saturated heterocycles. The van der Waals surface area contributed by atoms with Crippen molar-refractivity contribution in [2.75, 3.05) is 6.54 Å². The van der Waals surface area contributed by atoms with Crippen molar-refractivity contribution in [1.29, 1.82) is 0 Å². The van der Waals surface area contributed by atoms with Crippen molar-refractivity contribution >= 4 is 5.97 Å². The van der Waals surface area contributed by atoms with Gasteiger partial charge < -0.3 is 10.4 Å². The molecule has 14 heavy (non-hydrogen) atoms. The summed E-state index contributed by atoms with van der Waals surface area (Å²) >= 11 is 0. The fourth-order valence-electron chi connectivity index (χ4n) is 1.23. The van der Waals surface area contributed by atoms with Gasteiger partial charge in [0.15, 0.2) is 0 Å². The molecule has 0 radical (unpaired) electrons. The zero-order valence-electron chi connectivity index (χ0n) is 9.71. The molecule has 2 N–H and O–H groups in total. The van der Waals surface area contributed by atoms with Gasteiger partial charge in [0.1, 0.15) is 6.04 Å². The molecule has 0 spiro atoms. The first-order chi connectivity index (χ1) is 6.47. The molecule has 84 valence electrons. The number of carboxylic acid groups (broad SMARTS) is 1. The molecule has 0 heterocycles. The highest BCUT2D eigenvalue weighted by Crippen LogP contribution is 2.06. The lowest BCUT2D eigenvalue weighted by molar-refractivity contribution is -0.140. The second-order valence-corrected chi connectivity index (χ2v) is 4.44. The second-order valence-electron chi connectivity index (χ2n) is 4.44. The first-order valence-electron chi connectivity index (χ1n) is 5.43. The monoisotopic (exact) mass is 201 g/mol. The minimum absolute atomic E-state index is 0.385. The molecule has 0 saturated carbocycles. The largest absolute Gasteiger partial charge is 0.480 e. The Bertz CT molecular complexity index is 169. The molecule has 0 amide bonds. The van der Waals surface area contributed by atoms with E-state index < -0.39 is 5.97 Å². The molecule has 0 aliphatic heterocycles. The molecule has 0 aromatic rings. The van der Waals surface area contributed by atoms with E-state index in [1.807, 2.05) is 13.8 Å². The van der Waals surface area contributed by atoms with Crippen molar-refractivity contribution in [2.45, 2.75) is 46.6 Å². The number of nitrogens with one attached hydrogen (secondary N) is 1. The van der Waals surface area contributed by atoms with Crippen molar-refractivity contribution in [1.82, 2.24) is 5.32 Å². The Kier molecular flexibility index (Phi) is 6.54. The molecular weight excluding hydrogens is 178 g/mol. The third kappa shape index (κ3) is 5.97. The first kappa shape index (κ1) is 13.4. The van der Waals surface area contributed by atoms with Gasteiger partial charge >= 0.3 is 5.97 Å². The average Bonchev–Trinajstić information content (AvgIpc) is 2.10. The quantitative estimate of drug-likeness (QED) is 0.663. The Labute approximate surface area is 86.9 Å². The summed E-state index contributed by atoms with van der Waals surface area (Å²) in [4.78, 5) is 10.9. The summed E-state index contributed by atoms with van der Waals surface area (Å²) in [7, 11) is 0. The summed E-state index contributed by atoms with van der Waals surface area (Å²) in [5.41, 5.74) is 0. The number of hydrogen-bond donors (Lipinski definition) is 2. The molecule has 3 nitrogen and oxygen atoms in total. The average molecular weight is 201 g/mol. The molecule has 0 aromatic carbocycles. The molecule has 0 rings (SSSR count). The van der Waals surface area contributed by atoms with Crippen LogP contribution in [0.4, 0.5) is 0 Å². The molecular formula is C11H23NO2.